The maximum absolute atomic E-state index is 13.8. The third-order valence-corrected chi connectivity index (χ3v) is 12.4. The largest absolute Gasteiger partial charge is 0.497 e. The van der Waals surface area contributed by atoms with Gasteiger partial charge in [0.2, 0.25) is 26.0 Å². The summed E-state index contributed by atoms with van der Waals surface area (Å²) < 4.78 is 71.9. The van der Waals surface area contributed by atoms with Crippen molar-refractivity contribution in [2.45, 2.75) is 38.0 Å². The van der Waals surface area contributed by atoms with Gasteiger partial charge in [-0.05, 0) is 77.1 Å². The van der Waals surface area contributed by atoms with Crippen LogP contribution in [-0.4, -0.2) is 109 Å². The number of methoxy groups -OCH3 is 2. The van der Waals surface area contributed by atoms with Gasteiger partial charge in [0.1, 0.15) is 5.75 Å². The van der Waals surface area contributed by atoms with Crippen LogP contribution in [0.3, 0.4) is 0 Å². The van der Waals surface area contributed by atoms with Crippen LogP contribution in [-0.2, 0) is 30.2 Å². The number of carbonyl (C=O) groups is 1. The van der Waals surface area contributed by atoms with Crippen LogP contribution in [0.1, 0.15) is 42.3 Å². The number of likely N-dealkylation sites (N-methyl/N-ethyl adjacent to an activating group) is 1. The van der Waals surface area contributed by atoms with Gasteiger partial charge in [-0.1, -0.05) is 32.9 Å². The molecule has 15 nitrogen and oxygen atoms in total. The number of sulfonamides is 2. The van der Waals surface area contributed by atoms with Crippen molar-refractivity contribution in [3.05, 3.63) is 89.6 Å². The first kappa shape index (κ1) is 43.3. The van der Waals surface area contributed by atoms with Gasteiger partial charge in [0.25, 0.3) is 5.91 Å². The highest BCUT2D eigenvalue weighted by molar-refractivity contribution is 7.92. The summed E-state index contributed by atoms with van der Waals surface area (Å²) in [7, 11) is -3.02. The molecule has 0 bridgehead atoms. The summed E-state index contributed by atoms with van der Waals surface area (Å²) in [6.07, 6.45) is 2.73. The van der Waals surface area contributed by atoms with E-state index in [0.717, 1.165) is 47.0 Å². The zero-order valence-corrected chi connectivity index (χ0v) is 36.2. The van der Waals surface area contributed by atoms with Gasteiger partial charge >= 0.3 is 0 Å². The number of benzene rings is 4. The smallest absolute Gasteiger partial charge is 0.255 e. The Labute approximate surface area is 346 Å². The highest BCUT2D eigenvalue weighted by atomic mass is 32.2. The molecule has 3 N–H and O–H groups in total. The lowest BCUT2D eigenvalue weighted by molar-refractivity contribution is 0.0368. The van der Waals surface area contributed by atoms with Crippen molar-refractivity contribution in [2.75, 3.05) is 82.3 Å². The number of anilines is 4. The van der Waals surface area contributed by atoms with Gasteiger partial charge in [-0.15, -0.1) is 0 Å². The number of aromatic nitrogens is 2. The number of nitrogens with zero attached hydrogens (tertiary/aromatic N) is 4. The fraction of sp³-hybridized carbons (Fsp3) is 0.357. The molecule has 1 aliphatic rings. The molecule has 0 radical (unpaired) electrons. The first-order valence-corrected chi connectivity index (χ1v) is 22.3. The highest BCUT2D eigenvalue weighted by Gasteiger charge is 2.25. The lowest BCUT2D eigenvalue weighted by Gasteiger charge is -2.28. The van der Waals surface area contributed by atoms with Crippen molar-refractivity contribution < 1.29 is 35.8 Å². The SMILES string of the molecule is COc1cc(Nc2ncc3cc(-c4cc(C(=O)Nc5cc(C(C)(C)C)cc(NS(C)(=O)=O)c5OC)ccc4C)ccc3n2)cc(S(=O)(=O)N(C)CCN2CCOCC2)c1. The molecule has 0 aliphatic carbocycles. The molecule has 1 aromatic heterocycles. The topological polar surface area (TPSA) is 181 Å². The molecule has 17 heteroatoms. The highest BCUT2D eigenvalue weighted by Crippen LogP contribution is 2.40. The van der Waals surface area contributed by atoms with Gasteiger partial charge in [0.15, 0.2) is 5.75 Å². The summed E-state index contributed by atoms with van der Waals surface area (Å²) >= 11 is 0. The fourth-order valence-electron chi connectivity index (χ4n) is 6.63. The molecular formula is C42H51N7O8S2. The van der Waals surface area contributed by atoms with Crippen molar-refractivity contribution in [1.82, 2.24) is 19.2 Å². The quantitative estimate of drug-likeness (QED) is 0.115. The molecule has 6 rings (SSSR count). The predicted octanol–water partition coefficient (Wildman–Crippen LogP) is 6.24. The van der Waals surface area contributed by atoms with E-state index in [1.807, 2.05) is 52.0 Å². The number of carbonyl (C=O) groups excluding carboxylic acids is 1. The van der Waals surface area contributed by atoms with Gasteiger partial charge in [-0.25, -0.2) is 26.8 Å². The summed E-state index contributed by atoms with van der Waals surface area (Å²) in [4.78, 5) is 25.3. The van der Waals surface area contributed by atoms with E-state index in [0.29, 0.717) is 54.5 Å². The molecule has 59 heavy (non-hydrogen) atoms. The Morgan fingerprint density at radius 1 is 0.932 bits per heavy atom. The van der Waals surface area contributed by atoms with Crippen molar-refractivity contribution in [3.63, 3.8) is 0 Å². The second-order valence-corrected chi connectivity index (χ2v) is 19.3. The normalized spacial score (nSPS) is 14.0. The molecule has 5 aromatic rings. The Morgan fingerprint density at radius 2 is 1.66 bits per heavy atom. The molecule has 0 atom stereocenters. The second-order valence-electron chi connectivity index (χ2n) is 15.5. The molecule has 4 aromatic carbocycles. The molecule has 2 heterocycles. The van der Waals surface area contributed by atoms with E-state index in [1.165, 1.54) is 30.7 Å². The van der Waals surface area contributed by atoms with E-state index in [1.54, 1.807) is 43.6 Å². The average molecular weight is 846 g/mol. The summed E-state index contributed by atoms with van der Waals surface area (Å²) in [5, 5.41) is 6.82. The summed E-state index contributed by atoms with van der Waals surface area (Å²) in [5.41, 5.74) is 5.02. The predicted molar refractivity (Wildman–Crippen MR) is 231 cm³/mol. The lowest BCUT2D eigenvalue weighted by atomic mass is 9.86. The minimum absolute atomic E-state index is 0.0757. The maximum Gasteiger partial charge on any atom is 0.255 e. The zero-order valence-electron chi connectivity index (χ0n) is 34.5. The number of hydrogen-bond acceptors (Lipinski definition) is 12. The number of ether oxygens (including phenoxy) is 3. The van der Waals surface area contributed by atoms with Crippen molar-refractivity contribution in [3.8, 4) is 22.6 Å². The van der Waals surface area contributed by atoms with Crippen LogP contribution in [0.15, 0.2) is 77.8 Å². The second kappa shape index (κ2) is 17.5. The van der Waals surface area contributed by atoms with E-state index in [9.17, 15) is 21.6 Å². The van der Waals surface area contributed by atoms with Crippen LogP contribution in [0.4, 0.5) is 23.0 Å². The average Bonchev–Trinajstić information content (AvgIpc) is 3.19. The number of fused-ring (bicyclic) bond motifs is 1. The van der Waals surface area contributed by atoms with Crippen LogP contribution in [0.2, 0.25) is 0 Å². The van der Waals surface area contributed by atoms with Gasteiger partial charge in [-0.3, -0.25) is 14.4 Å². The summed E-state index contributed by atoms with van der Waals surface area (Å²) in [5.74, 6) is 0.400. The molecule has 0 unspecified atom stereocenters. The Kier molecular flexibility index (Phi) is 12.8. The molecule has 1 saturated heterocycles. The van der Waals surface area contributed by atoms with Gasteiger partial charge < -0.3 is 24.8 Å². The minimum Gasteiger partial charge on any atom is -0.497 e. The Morgan fingerprint density at radius 3 is 2.34 bits per heavy atom. The van der Waals surface area contributed by atoms with Crippen LogP contribution in [0.5, 0.6) is 11.5 Å². The number of aryl methyl sites for hydroxylation is 1. The monoisotopic (exact) mass is 845 g/mol. The van der Waals surface area contributed by atoms with Gasteiger partial charge in [0, 0.05) is 68.2 Å². The molecule has 1 fully saturated rings. The Balaban J connectivity index is 1.22. The van der Waals surface area contributed by atoms with Crippen molar-refractivity contribution in [1.29, 1.82) is 0 Å². The Bertz CT molecular complexity index is 2590. The third-order valence-electron chi connectivity index (χ3n) is 10.0. The van der Waals surface area contributed by atoms with E-state index >= 15 is 0 Å². The third kappa shape index (κ3) is 10.5. The molecule has 1 aliphatic heterocycles. The molecular weight excluding hydrogens is 795 g/mol. The van der Waals surface area contributed by atoms with E-state index in [4.69, 9.17) is 19.2 Å². The van der Waals surface area contributed by atoms with Crippen LogP contribution >= 0.6 is 0 Å². The van der Waals surface area contributed by atoms with Gasteiger partial charge in [0.05, 0.1) is 55.5 Å². The number of morpholine rings is 1. The van der Waals surface area contributed by atoms with Gasteiger partial charge in [-0.2, -0.15) is 4.31 Å². The first-order valence-electron chi connectivity index (χ1n) is 19.0. The summed E-state index contributed by atoms with van der Waals surface area (Å²) in [6.45, 7) is 11.6. The van der Waals surface area contributed by atoms with E-state index in [2.05, 4.69) is 25.2 Å². The number of nitrogens with one attached hydrogen (secondary N) is 3. The molecule has 314 valence electrons. The van der Waals surface area contributed by atoms with Crippen molar-refractivity contribution >= 4 is 59.9 Å². The summed E-state index contributed by atoms with van der Waals surface area (Å²) in [6, 6.07) is 19.3. The zero-order chi connectivity index (χ0) is 42.7. The minimum atomic E-state index is -3.84. The van der Waals surface area contributed by atoms with Crippen LogP contribution < -0.4 is 24.8 Å². The fourth-order valence-corrected chi connectivity index (χ4v) is 8.40. The van der Waals surface area contributed by atoms with E-state index < -0.39 is 26.0 Å². The molecule has 0 spiro atoms. The Hall–Kier alpha value is -5.33. The first-order chi connectivity index (χ1) is 27.8. The standard InChI is InChI=1S/C42H51N7O8S2/c1-27-9-10-29(40(50)45-37-21-31(42(2,3)4)22-38(39(37)56-7)47-58(8,51)52)20-35(27)28-11-12-36-30(19-28)26-43-41(46-36)44-32-23-33(55-6)25-34(24-32)59(53,54)48(5)13-14-49-15-17-57-18-16-49/h9-12,19-26,47H,13-18H2,1-8H3,(H,45,50)(H,43,44,46). The van der Waals surface area contributed by atoms with Crippen LogP contribution in [0.25, 0.3) is 22.0 Å². The molecule has 1 amide bonds. The maximum atomic E-state index is 13.8. The number of amides is 1. The van der Waals surface area contributed by atoms with E-state index in [-0.39, 0.29) is 27.7 Å². The molecule has 0 saturated carbocycles. The lowest BCUT2D eigenvalue weighted by Crippen LogP contribution is -2.41. The van der Waals surface area contributed by atoms with Crippen molar-refractivity contribution in [2.24, 2.45) is 0 Å². The number of hydrogen-bond donors (Lipinski definition) is 3. The number of rotatable bonds is 14. The van der Waals surface area contributed by atoms with Crippen LogP contribution in [0, 0.1) is 6.92 Å².